The Labute approximate surface area is 158 Å². The molecule has 0 aromatic carbocycles. The first-order valence-electron chi connectivity index (χ1n) is 8.80. The average molecular weight is 395 g/mol. The van der Waals surface area contributed by atoms with Gasteiger partial charge in [-0.25, -0.2) is 18.1 Å². The van der Waals surface area contributed by atoms with Gasteiger partial charge in [-0.15, -0.1) is 0 Å². The van der Waals surface area contributed by atoms with Crippen LogP contribution in [0.25, 0.3) is 0 Å². The third-order valence-corrected chi connectivity index (χ3v) is 5.93. The van der Waals surface area contributed by atoms with Crippen LogP contribution in [0.2, 0.25) is 0 Å². The molecule has 3 N–H and O–H groups in total. The predicted octanol–water partition coefficient (Wildman–Crippen LogP) is 0.352. The molecular weight excluding hydrogens is 370 g/mol. The summed E-state index contributed by atoms with van der Waals surface area (Å²) in [5, 5.41) is 9.69. The second-order valence-corrected chi connectivity index (χ2v) is 8.08. The Morgan fingerprint density at radius 3 is 2.59 bits per heavy atom. The van der Waals surface area contributed by atoms with Gasteiger partial charge < -0.3 is 15.0 Å². The van der Waals surface area contributed by atoms with Crippen LogP contribution in [0.4, 0.5) is 11.8 Å². The van der Waals surface area contributed by atoms with Crippen LogP contribution in [0.3, 0.4) is 0 Å². The SMILES string of the molecule is Cc1cc(N2CCOCC2)nc(NCCNS(=O)(=O)c2c(C)n[nH]c2C)n1. The lowest BCUT2D eigenvalue weighted by Crippen LogP contribution is -2.37. The summed E-state index contributed by atoms with van der Waals surface area (Å²) in [7, 11) is -3.61. The van der Waals surface area contributed by atoms with Crippen LogP contribution in [0.1, 0.15) is 17.1 Å². The average Bonchev–Trinajstić information content (AvgIpc) is 2.98. The van der Waals surface area contributed by atoms with Gasteiger partial charge in [0.15, 0.2) is 0 Å². The number of H-pyrrole nitrogens is 1. The zero-order valence-corrected chi connectivity index (χ0v) is 16.6. The molecule has 1 saturated heterocycles. The van der Waals surface area contributed by atoms with Crippen LogP contribution < -0.4 is 14.9 Å². The molecule has 0 aliphatic carbocycles. The number of sulfonamides is 1. The van der Waals surface area contributed by atoms with Crippen LogP contribution in [0.15, 0.2) is 11.0 Å². The Hall–Kier alpha value is -2.24. The molecule has 0 atom stereocenters. The first kappa shape index (κ1) is 19.5. The molecular formula is C16H25N7O3S. The van der Waals surface area contributed by atoms with E-state index in [1.807, 2.05) is 13.0 Å². The molecule has 3 rings (SSSR count). The number of aromatic amines is 1. The summed E-state index contributed by atoms with van der Waals surface area (Å²) >= 11 is 0. The van der Waals surface area contributed by atoms with Crippen molar-refractivity contribution < 1.29 is 13.2 Å². The highest BCUT2D eigenvalue weighted by Gasteiger charge is 2.21. The second-order valence-electron chi connectivity index (χ2n) is 6.38. The maximum absolute atomic E-state index is 12.4. The molecule has 11 heteroatoms. The number of aryl methyl sites for hydroxylation is 3. The van der Waals surface area contributed by atoms with Crippen molar-refractivity contribution >= 4 is 21.8 Å². The molecule has 0 unspecified atom stereocenters. The fourth-order valence-electron chi connectivity index (χ4n) is 2.95. The summed E-state index contributed by atoms with van der Waals surface area (Å²) in [6, 6.07) is 1.93. The number of rotatable bonds is 7. The van der Waals surface area contributed by atoms with Gasteiger partial charge in [0.05, 0.1) is 24.6 Å². The van der Waals surface area contributed by atoms with E-state index in [0.29, 0.717) is 37.1 Å². The lowest BCUT2D eigenvalue weighted by molar-refractivity contribution is 0.122. The Balaban J connectivity index is 1.58. The van der Waals surface area contributed by atoms with Gasteiger partial charge in [0.2, 0.25) is 16.0 Å². The Kier molecular flexibility index (Phi) is 5.92. The van der Waals surface area contributed by atoms with E-state index in [9.17, 15) is 8.42 Å². The molecule has 1 fully saturated rings. The van der Waals surface area contributed by atoms with Crippen LogP contribution in [0, 0.1) is 20.8 Å². The van der Waals surface area contributed by atoms with E-state index >= 15 is 0 Å². The maximum Gasteiger partial charge on any atom is 0.244 e. The molecule has 0 amide bonds. The normalized spacial score (nSPS) is 15.1. The van der Waals surface area contributed by atoms with Crippen LogP contribution in [-0.4, -0.2) is 68.0 Å². The topological polar surface area (TPSA) is 125 Å². The van der Waals surface area contributed by atoms with E-state index < -0.39 is 10.0 Å². The first-order valence-corrected chi connectivity index (χ1v) is 10.3. The van der Waals surface area contributed by atoms with Gasteiger partial charge in [-0.3, -0.25) is 5.10 Å². The van der Waals surface area contributed by atoms with Crippen molar-refractivity contribution in [3.63, 3.8) is 0 Å². The van der Waals surface area contributed by atoms with Gasteiger partial charge in [-0.1, -0.05) is 0 Å². The summed E-state index contributed by atoms with van der Waals surface area (Å²) in [5.41, 5.74) is 1.81. The number of anilines is 2. The van der Waals surface area contributed by atoms with Gasteiger partial charge in [0, 0.05) is 37.9 Å². The number of morpholine rings is 1. The molecule has 1 aliphatic heterocycles. The smallest absolute Gasteiger partial charge is 0.244 e. The lowest BCUT2D eigenvalue weighted by Gasteiger charge is -2.28. The predicted molar refractivity (Wildman–Crippen MR) is 102 cm³/mol. The van der Waals surface area contributed by atoms with Crippen molar-refractivity contribution in [1.82, 2.24) is 24.9 Å². The van der Waals surface area contributed by atoms with E-state index in [1.165, 1.54) is 0 Å². The minimum absolute atomic E-state index is 0.198. The van der Waals surface area contributed by atoms with Crippen molar-refractivity contribution in [3.05, 3.63) is 23.1 Å². The third-order valence-electron chi connectivity index (χ3n) is 4.21. The van der Waals surface area contributed by atoms with Gasteiger partial charge in [0.25, 0.3) is 0 Å². The molecule has 1 aliphatic rings. The molecule has 148 valence electrons. The summed E-state index contributed by atoms with van der Waals surface area (Å²) in [6.07, 6.45) is 0. The maximum atomic E-state index is 12.4. The Morgan fingerprint density at radius 1 is 1.19 bits per heavy atom. The number of nitrogens with zero attached hydrogens (tertiary/aromatic N) is 4. The zero-order valence-electron chi connectivity index (χ0n) is 15.7. The van der Waals surface area contributed by atoms with Crippen molar-refractivity contribution in [1.29, 1.82) is 0 Å². The molecule has 10 nitrogen and oxygen atoms in total. The minimum atomic E-state index is -3.61. The van der Waals surface area contributed by atoms with Gasteiger partial charge in [-0.2, -0.15) is 10.1 Å². The Morgan fingerprint density at radius 2 is 1.93 bits per heavy atom. The Bertz CT molecular complexity index is 872. The highest BCUT2D eigenvalue weighted by atomic mass is 32.2. The molecule has 0 saturated carbocycles. The zero-order chi connectivity index (χ0) is 19.4. The molecule has 0 bridgehead atoms. The molecule has 0 radical (unpaired) electrons. The van der Waals surface area contributed by atoms with E-state index in [0.717, 1.165) is 24.6 Å². The highest BCUT2D eigenvalue weighted by Crippen LogP contribution is 2.17. The number of aromatic nitrogens is 4. The van der Waals surface area contributed by atoms with Gasteiger partial charge in [-0.05, 0) is 20.8 Å². The van der Waals surface area contributed by atoms with E-state index in [4.69, 9.17) is 4.74 Å². The number of nitrogens with one attached hydrogen (secondary N) is 3. The van der Waals surface area contributed by atoms with Crippen molar-refractivity contribution in [3.8, 4) is 0 Å². The monoisotopic (exact) mass is 395 g/mol. The minimum Gasteiger partial charge on any atom is -0.378 e. The number of ether oxygens (including phenoxy) is 1. The summed E-state index contributed by atoms with van der Waals surface area (Å²) in [5.74, 6) is 1.32. The molecule has 2 aromatic rings. The summed E-state index contributed by atoms with van der Waals surface area (Å²) in [4.78, 5) is 11.2. The van der Waals surface area contributed by atoms with Crippen LogP contribution >= 0.6 is 0 Å². The lowest BCUT2D eigenvalue weighted by atomic mass is 10.3. The number of hydrogen-bond donors (Lipinski definition) is 3. The highest BCUT2D eigenvalue weighted by molar-refractivity contribution is 7.89. The number of hydrogen-bond acceptors (Lipinski definition) is 8. The van der Waals surface area contributed by atoms with Crippen molar-refractivity contribution in [2.45, 2.75) is 25.7 Å². The van der Waals surface area contributed by atoms with Crippen molar-refractivity contribution in [2.75, 3.05) is 49.6 Å². The second kappa shape index (κ2) is 8.19. The fraction of sp³-hybridized carbons (Fsp3) is 0.562. The van der Waals surface area contributed by atoms with Gasteiger partial charge >= 0.3 is 0 Å². The van der Waals surface area contributed by atoms with E-state index in [-0.39, 0.29) is 11.4 Å². The largest absolute Gasteiger partial charge is 0.378 e. The van der Waals surface area contributed by atoms with Gasteiger partial charge in [0.1, 0.15) is 10.7 Å². The standard InChI is InChI=1S/C16H25N7O3S/c1-11-10-14(23-6-8-26-9-7-23)20-16(19-11)17-4-5-18-27(24,25)15-12(2)21-22-13(15)3/h10,18H,4-9H2,1-3H3,(H,21,22)(H,17,19,20). The molecule has 0 spiro atoms. The molecule has 3 heterocycles. The third kappa shape index (κ3) is 4.73. The van der Waals surface area contributed by atoms with Crippen LogP contribution in [-0.2, 0) is 14.8 Å². The van der Waals surface area contributed by atoms with Crippen LogP contribution in [0.5, 0.6) is 0 Å². The first-order chi connectivity index (χ1) is 12.9. The van der Waals surface area contributed by atoms with E-state index in [2.05, 4.69) is 35.1 Å². The summed E-state index contributed by atoms with van der Waals surface area (Å²) < 4.78 is 32.8. The quantitative estimate of drug-likeness (QED) is 0.574. The molecule has 2 aromatic heterocycles. The molecule has 27 heavy (non-hydrogen) atoms. The fourth-order valence-corrected chi connectivity index (χ4v) is 4.35. The summed E-state index contributed by atoms with van der Waals surface area (Å²) in [6.45, 7) is 8.76. The van der Waals surface area contributed by atoms with E-state index in [1.54, 1.807) is 13.8 Å². The van der Waals surface area contributed by atoms with Crippen molar-refractivity contribution in [2.24, 2.45) is 0 Å².